The molecular weight excluding hydrogens is 317 g/mol. The van der Waals surface area contributed by atoms with Crippen LogP contribution in [0.1, 0.15) is 5.56 Å². The van der Waals surface area contributed by atoms with Gasteiger partial charge >= 0.3 is 0 Å². The standard InChI is InChI=1S/C20H16FN3O/c21-18-13-22-10-8-19(18)23-24-11-9-16-12-17(6-7-20(16)24)25-14-15-4-2-1-3-5-15/h1-13H,14H2,(H,22,23). The Morgan fingerprint density at radius 2 is 1.92 bits per heavy atom. The summed E-state index contributed by atoms with van der Waals surface area (Å²) in [4.78, 5) is 3.75. The largest absolute Gasteiger partial charge is 0.489 e. The van der Waals surface area contributed by atoms with Crippen molar-refractivity contribution < 1.29 is 9.13 Å². The first kappa shape index (κ1) is 15.2. The summed E-state index contributed by atoms with van der Waals surface area (Å²) in [5.74, 6) is 0.399. The molecule has 0 spiro atoms. The van der Waals surface area contributed by atoms with Crippen LogP contribution in [0.25, 0.3) is 10.9 Å². The molecule has 5 heteroatoms. The highest BCUT2D eigenvalue weighted by atomic mass is 19.1. The van der Waals surface area contributed by atoms with Gasteiger partial charge < -0.3 is 4.74 Å². The molecule has 0 saturated carbocycles. The minimum absolute atomic E-state index is 0.372. The maximum absolute atomic E-state index is 13.7. The minimum Gasteiger partial charge on any atom is -0.489 e. The number of nitrogens with zero attached hydrogens (tertiary/aromatic N) is 2. The molecule has 2 heterocycles. The highest BCUT2D eigenvalue weighted by Gasteiger charge is 2.06. The number of pyridine rings is 1. The Labute approximate surface area is 144 Å². The summed E-state index contributed by atoms with van der Waals surface area (Å²) in [6.45, 7) is 0.521. The van der Waals surface area contributed by atoms with E-state index in [0.29, 0.717) is 12.3 Å². The third-order valence-electron chi connectivity index (χ3n) is 3.92. The van der Waals surface area contributed by atoms with Gasteiger partial charge in [0.05, 0.1) is 17.4 Å². The second kappa shape index (κ2) is 6.65. The molecular formula is C20H16FN3O. The summed E-state index contributed by atoms with van der Waals surface area (Å²) in [5.41, 5.74) is 5.46. The second-order valence-electron chi connectivity index (χ2n) is 5.65. The Balaban J connectivity index is 1.54. The van der Waals surface area contributed by atoms with Gasteiger partial charge in [0.15, 0.2) is 5.82 Å². The van der Waals surface area contributed by atoms with Crippen molar-refractivity contribution in [3.63, 3.8) is 0 Å². The molecule has 0 aliphatic rings. The molecule has 0 bridgehead atoms. The van der Waals surface area contributed by atoms with E-state index in [4.69, 9.17) is 4.74 Å². The number of aromatic nitrogens is 2. The SMILES string of the molecule is Fc1cnccc1Nn1ccc2cc(OCc3ccccc3)ccc21. The van der Waals surface area contributed by atoms with Crippen molar-refractivity contribution in [3.8, 4) is 5.75 Å². The van der Waals surface area contributed by atoms with Crippen molar-refractivity contribution in [2.75, 3.05) is 5.43 Å². The number of ether oxygens (including phenoxy) is 1. The molecule has 0 radical (unpaired) electrons. The quantitative estimate of drug-likeness (QED) is 0.579. The van der Waals surface area contributed by atoms with Gasteiger partial charge in [0.2, 0.25) is 0 Å². The molecule has 0 amide bonds. The summed E-state index contributed by atoms with van der Waals surface area (Å²) >= 11 is 0. The molecule has 0 fully saturated rings. The Kier molecular flexibility index (Phi) is 4.04. The van der Waals surface area contributed by atoms with Crippen molar-refractivity contribution in [2.24, 2.45) is 0 Å². The number of nitrogens with one attached hydrogen (secondary N) is 1. The second-order valence-corrected chi connectivity index (χ2v) is 5.65. The van der Waals surface area contributed by atoms with Crippen LogP contribution in [-0.2, 0) is 6.61 Å². The van der Waals surface area contributed by atoms with Gasteiger partial charge in [-0.3, -0.25) is 15.1 Å². The van der Waals surface area contributed by atoms with Crippen molar-refractivity contribution in [1.29, 1.82) is 0 Å². The van der Waals surface area contributed by atoms with Crippen molar-refractivity contribution in [2.45, 2.75) is 6.61 Å². The van der Waals surface area contributed by atoms with Crippen molar-refractivity contribution >= 4 is 16.6 Å². The smallest absolute Gasteiger partial charge is 0.166 e. The lowest BCUT2D eigenvalue weighted by molar-refractivity contribution is 0.306. The maximum atomic E-state index is 13.7. The fourth-order valence-corrected chi connectivity index (χ4v) is 2.64. The predicted molar refractivity (Wildman–Crippen MR) is 95.9 cm³/mol. The number of anilines is 1. The molecule has 25 heavy (non-hydrogen) atoms. The van der Waals surface area contributed by atoms with Crippen LogP contribution in [0.5, 0.6) is 5.75 Å². The monoisotopic (exact) mass is 333 g/mol. The van der Waals surface area contributed by atoms with Gasteiger partial charge in [0, 0.05) is 17.8 Å². The highest BCUT2D eigenvalue weighted by Crippen LogP contribution is 2.23. The number of fused-ring (bicyclic) bond motifs is 1. The average Bonchev–Trinajstić information content (AvgIpc) is 3.05. The Bertz CT molecular complexity index is 998. The van der Waals surface area contributed by atoms with Crippen LogP contribution >= 0.6 is 0 Å². The average molecular weight is 333 g/mol. The molecule has 2 aromatic heterocycles. The van der Waals surface area contributed by atoms with E-state index in [2.05, 4.69) is 10.4 Å². The van der Waals surface area contributed by atoms with Gasteiger partial charge in [-0.2, -0.15) is 0 Å². The summed E-state index contributed by atoms with van der Waals surface area (Å²) in [6, 6.07) is 19.4. The molecule has 2 aromatic carbocycles. The zero-order valence-electron chi connectivity index (χ0n) is 13.4. The maximum Gasteiger partial charge on any atom is 0.166 e. The summed E-state index contributed by atoms with van der Waals surface area (Å²) < 4.78 is 21.4. The van der Waals surface area contributed by atoms with Crippen LogP contribution in [0, 0.1) is 5.82 Å². The predicted octanol–water partition coefficient (Wildman–Crippen LogP) is 4.63. The Morgan fingerprint density at radius 3 is 2.76 bits per heavy atom. The van der Waals surface area contributed by atoms with Gasteiger partial charge in [-0.1, -0.05) is 30.3 Å². The molecule has 0 unspecified atom stereocenters. The van der Waals surface area contributed by atoms with Crippen molar-refractivity contribution in [1.82, 2.24) is 9.66 Å². The van der Waals surface area contributed by atoms with E-state index in [1.165, 1.54) is 6.20 Å². The number of benzene rings is 2. The molecule has 4 aromatic rings. The van der Waals surface area contributed by atoms with E-state index in [1.54, 1.807) is 16.9 Å². The van der Waals surface area contributed by atoms with Crippen LogP contribution in [0.3, 0.4) is 0 Å². The highest BCUT2D eigenvalue weighted by molar-refractivity contribution is 5.82. The first-order chi connectivity index (χ1) is 12.3. The van der Waals surface area contributed by atoms with Crippen LogP contribution in [0.4, 0.5) is 10.1 Å². The molecule has 4 rings (SSSR count). The molecule has 124 valence electrons. The lowest BCUT2D eigenvalue weighted by Gasteiger charge is -2.10. The van der Waals surface area contributed by atoms with Crippen LogP contribution in [0.2, 0.25) is 0 Å². The molecule has 4 nitrogen and oxygen atoms in total. The number of rotatable bonds is 5. The van der Waals surface area contributed by atoms with E-state index in [-0.39, 0.29) is 0 Å². The van der Waals surface area contributed by atoms with Gasteiger partial charge in [-0.05, 0) is 35.9 Å². The summed E-state index contributed by atoms with van der Waals surface area (Å²) in [7, 11) is 0. The zero-order chi connectivity index (χ0) is 17.1. The van der Waals surface area contributed by atoms with E-state index >= 15 is 0 Å². The fourth-order valence-electron chi connectivity index (χ4n) is 2.64. The third kappa shape index (κ3) is 3.30. The topological polar surface area (TPSA) is 39.1 Å². The van der Waals surface area contributed by atoms with Crippen LogP contribution < -0.4 is 10.2 Å². The van der Waals surface area contributed by atoms with Crippen molar-refractivity contribution in [3.05, 3.63) is 90.6 Å². The first-order valence-electron chi connectivity index (χ1n) is 7.94. The first-order valence-corrected chi connectivity index (χ1v) is 7.94. The van der Waals surface area contributed by atoms with E-state index in [0.717, 1.165) is 22.2 Å². The zero-order valence-corrected chi connectivity index (χ0v) is 13.4. The summed E-state index contributed by atoms with van der Waals surface area (Å²) in [6.07, 6.45) is 4.59. The Morgan fingerprint density at radius 1 is 1.04 bits per heavy atom. The molecule has 1 N–H and O–H groups in total. The number of hydrogen-bond donors (Lipinski definition) is 1. The summed E-state index contributed by atoms with van der Waals surface area (Å²) in [5, 5.41) is 1.01. The van der Waals surface area contributed by atoms with Crippen LogP contribution in [-0.4, -0.2) is 9.66 Å². The molecule has 0 aliphatic heterocycles. The normalized spacial score (nSPS) is 10.8. The number of hydrogen-bond acceptors (Lipinski definition) is 3. The van der Waals surface area contributed by atoms with E-state index in [1.807, 2.05) is 60.8 Å². The van der Waals surface area contributed by atoms with Gasteiger partial charge in [-0.15, -0.1) is 0 Å². The molecule has 0 saturated heterocycles. The molecule has 0 atom stereocenters. The third-order valence-corrected chi connectivity index (χ3v) is 3.92. The Hall–Kier alpha value is -3.34. The van der Waals surface area contributed by atoms with Gasteiger partial charge in [0.25, 0.3) is 0 Å². The van der Waals surface area contributed by atoms with E-state index < -0.39 is 5.82 Å². The fraction of sp³-hybridized carbons (Fsp3) is 0.0500. The lowest BCUT2D eigenvalue weighted by atomic mass is 10.2. The lowest BCUT2D eigenvalue weighted by Crippen LogP contribution is -2.08. The van der Waals surface area contributed by atoms with E-state index in [9.17, 15) is 4.39 Å². The number of halogens is 1. The van der Waals surface area contributed by atoms with Gasteiger partial charge in [0.1, 0.15) is 12.4 Å². The minimum atomic E-state index is -0.396. The van der Waals surface area contributed by atoms with Crippen LogP contribution in [0.15, 0.2) is 79.3 Å². The molecule has 0 aliphatic carbocycles. The van der Waals surface area contributed by atoms with Gasteiger partial charge in [-0.25, -0.2) is 4.39 Å².